The van der Waals surface area contributed by atoms with E-state index >= 15 is 0 Å². The van der Waals surface area contributed by atoms with Gasteiger partial charge in [-0.05, 0) is 17.7 Å². The number of nitrogens with zero attached hydrogens (tertiary/aromatic N) is 2. The lowest BCUT2D eigenvalue weighted by Crippen LogP contribution is -2.48. The van der Waals surface area contributed by atoms with Crippen molar-refractivity contribution in [1.82, 2.24) is 9.80 Å². The zero-order chi connectivity index (χ0) is 17.7. The molecule has 5 heteroatoms. The third kappa shape index (κ3) is 2.13. The summed E-state index contributed by atoms with van der Waals surface area (Å²) in [7, 11) is 0. The molecule has 0 unspecified atom stereocenters. The Hall–Kier alpha value is -2.66. The van der Waals surface area contributed by atoms with Crippen LogP contribution in [0.3, 0.4) is 0 Å². The number of benzene rings is 2. The Labute approximate surface area is 152 Å². The molecule has 2 aromatic rings. The lowest BCUT2D eigenvalue weighted by molar-refractivity contribution is -0.138. The van der Waals surface area contributed by atoms with Gasteiger partial charge < -0.3 is 14.5 Å². The fourth-order valence-corrected chi connectivity index (χ4v) is 4.66. The summed E-state index contributed by atoms with van der Waals surface area (Å²) in [5, 5.41) is 0. The number of ether oxygens (including phenoxy) is 1. The average Bonchev–Trinajstić information content (AvgIpc) is 3.31. The van der Waals surface area contributed by atoms with E-state index < -0.39 is 5.72 Å². The number of likely N-dealkylation sites (tertiary alicyclic amines) is 1. The van der Waals surface area contributed by atoms with Gasteiger partial charge in [0.2, 0.25) is 5.91 Å². The second-order valence-electron chi connectivity index (χ2n) is 7.20. The molecule has 3 saturated heterocycles. The van der Waals surface area contributed by atoms with Crippen LogP contribution < -0.4 is 0 Å². The maximum Gasteiger partial charge on any atom is 0.254 e. The molecule has 0 saturated carbocycles. The minimum Gasteiger partial charge on any atom is -0.343 e. The highest BCUT2D eigenvalue weighted by molar-refractivity contribution is 5.95. The molecule has 3 atom stereocenters. The van der Waals surface area contributed by atoms with E-state index in [1.54, 1.807) is 0 Å². The van der Waals surface area contributed by atoms with Gasteiger partial charge in [0.05, 0.1) is 19.0 Å². The Bertz CT molecular complexity index is 854. The van der Waals surface area contributed by atoms with Crippen molar-refractivity contribution >= 4 is 11.8 Å². The van der Waals surface area contributed by atoms with Gasteiger partial charge >= 0.3 is 0 Å². The predicted molar refractivity (Wildman–Crippen MR) is 95.2 cm³/mol. The molecule has 26 heavy (non-hydrogen) atoms. The highest BCUT2D eigenvalue weighted by atomic mass is 16.5. The smallest absolute Gasteiger partial charge is 0.254 e. The van der Waals surface area contributed by atoms with E-state index in [1.807, 2.05) is 70.5 Å². The summed E-state index contributed by atoms with van der Waals surface area (Å²) in [5.41, 5.74) is 1.07. The second kappa shape index (κ2) is 5.68. The molecule has 0 bridgehead atoms. The predicted octanol–water partition coefficient (Wildman–Crippen LogP) is 2.60. The van der Waals surface area contributed by atoms with Gasteiger partial charge in [-0.1, -0.05) is 48.5 Å². The van der Waals surface area contributed by atoms with Crippen LogP contribution in [0.15, 0.2) is 60.7 Å². The van der Waals surface area contributed by atoms with Gasteiger partial charge in [0.1, 0.15) is 6.10 Å². The third-order valence-electron chi connectivity index (χ3n) is 5.88. The van der Waals surface area contributed by atoms with Crippen LogP contribution in [0.5, 0.6) is 0 Å². The van der Waals surface area contributed by atoms with Crippen molar-refractivity contribution in [3.05, 3.63) is 71.8 Å². The van der Waals surface area contributed by atoms with E-state index in [1.165, 1.54) is 0 Å². The lowest BCUT2D eigenvalue weighted by Gasteiger charge is -2.32. The van der Waals surface area contributed by atoms with Crippen LogP contribution in [0.2, 0.25) is 0 Å². The summed E-state index contributed by atoms with van der Waals surface area (Å²) < 4.78 is 6.48. The molecule has 2 amide bonds. The van der Waals surface area contributed by atoms with Crippen molar-refractivity contribution in [2.75, 3.05) is 13.1 Å². The molecule has 0 aliphatic carbocycles. The van der Waals surface area contributed by atoms with E-state index in [9.17, 15) is 9.59 Å². The van der Waals surface area contributed by atoms with E-state index in [-0.39, 0.29) is 24.0 Å². The fourth-order valence-electron chi connectivity index (χ4n) is 4.66. The van der Waals surface area contributed by atoms with Crippen LogP contribution in [0.25, 0.3) is 0 Å². The number of amides is 2. The molecule has 3 heterocycles. The molecular weight excluding hydrogens is 328 g/mol. The summed E-state index contributed by atoms with van der Waals surface area (Å²) in [6.45, 7) is 1.18. The van der Waals surface area contributed by atoms with Crippen LogP contribution in [-0.2, 0) is 9.53 Å². The highest BCUT2D eigenvalue weighted by Gasteiger charge is 2.64. The SMILES string of the molecule is O=C(c1ccccc1)N1CC[C@@]23O[C@@H](c4ccccc4)CN2C(=O)C[C@@H]13. The normalized spacial score (nSPS) is 29.8. The molecule has 3 aliphatic rings. The first-order valence-corrected chi connectivity index (χ1v) is 9.08. The van der Waals surface area contributed by atoms with Crippen molar-refractivity contribution in [2.24, 2.45) is 0 Å². The number of carbonyl (C=O) groups is 2. The monoisotopic (exact) mass is 348 g/mol. The summed E-state index contributed by atoms with van der Waals surface area (Å²) >= 11 is 0. The number of rotatable bonds is 2. The van der Waals surface area contributed by atoms with Crippen molar-refractivity contribution in [1.29, 1.82) is 0 Å². The quantitative estimate of drug-likeness (QED) is 0.838. The van der Waals surface area contributed by atoms with Gasteiger partial charge in [0, 0.05) is 18.5 Å². The summed E-state index contributed by atoms with van der Waals surface area (Å²) in [5.74, 6) is 0.0629. The van der Waals surface area contributed by atoms with Gasteiger partial charge in [-0.25, -0.2) is 0 Å². The van der Waals surface area contributed by atoms with Crippen LogP contribution in [0.1, 0.15) is 34.9 Å². The number of hydrogen-bond donors (Lipinski definition) is 0. The summed E-state index contributed by atoms with van der Waals surface area (Å²) in [4.78, 5) is 29.3. The van der Waals surface area contributed by atoms with Crippen LogP contribution in [-0.4, -0.2) is 46.5 Å². The standard InChI is InChI=1S/C21H20N2O3/c24-19-13-18-21(11-12-22(18)20(25)16-9-5-2-6-10-16)23(19)14-17(26-21)15-7-3-1-4-8-15/h1-10,17-18H,11-14H2/t17-,18-,21+/m1/s1. The van der Waals surface area contributed by atoms with Crippen LogP contribution in [0, 0.1) is 0 Å². The molecule has 132 valence electrons. The van der Waals surface area contributed by atoms with Gasteiger partial charge in [-0.2, -0.15) is 0 Å². The van der Waals surface area contributed by atoms with Crippen LogP contribution >= 0.6 is 0 Å². The Morgan fingerprint density at radius 1 is 1.04 bits per heavy atom. The van der Waals surface area contributed by atoms with Crippen LogP contribution in [0.4, 0.5) is 0 Å². The zero-order valence-electron chi connectivity index (χ0n) is 14.4. The van der Waals surface area contributed by atoms with Gasteiger partial charge in [-0.15, -0.1) is 0 Å². The third-order valence-corrected chi connectivity index (χ3v) is 5.88. The molecule has 1 spiro atoms. The topological polar surface area (TPSA) is 49.9 Å². The number of carbonyl (C=O) groups excluding carboxylic acids is 2. The molecule has 0 aromatic heterocycles. The maximum absolute atomic E-state index is 13.0. The fraction of sp³-hybridized carbons (Fsp3) is 0.333. The minimum atomic E-state index is -0.665. The summed E-state index contributed by atoms with van der Waals surface area (Å²) in [6, 6.07) is 19.1. The average molecular weight is 348 g/mol. The Kier molecular flexibility index (Phi) is 3.40. The Morgan fingerprint density at radius 3 is 2.46 bits per heavy atom. The minimum absolute atomic E-state index is 0.0195. The van der Waals surface area contributed by atoms with Crippen molar-refractivity contribution in [2.45, 2.75) is 30.7 Å². The Balaban J connectivity index is 1.45. The largest absolute Gasteiger partial charge is 0.343 e. The molecule has 2 aromatic carbocycles. The molecular formula is C21H20N2O3. The summed E-state index contributed by atoms with van der Waals surface area (Å²) in [6.07, 6.45) is 0.889. The van der Waals surface area contributed by atoms with Crippen molar-refractivity contribution in [3.63, 3.8) is 0 Å². The molecule has 5 nitrogen and oxygen atoms in total. The molecule has 0 N–H and O–H groups in total. The second-order valence-corrected chi connectivity index (χ2v) is 7.20. The van der Waals surface area contributed by atoms with Gasteiger partial charge in [0.15, 0.2) is 5.72 Å². The van der Waals surface area contributed by atoms with Crippen molar-refractivity contribution < 1.29 is 14.3 Å². The Morgan fingerprint density at radius 2 is 1.73 bits per heavy atom. The number of hydrogen-bond acceptors (Lipinski definition) is 3. The first-order valence-electron chi connectivity index (χ1n) is 9.08. The highest BCUT2D eigenvalue weighted by Crippen LogP contribution is 2.50. The molecule has 3 fully saturated rings. The van der Waals surface area contributed by atoms with E-state index in [4.69, 9.17) is 4.74 Å². The maximum atomic E-state index is 13.0. The van der Waals surface area contributed by atoms with Gasteiger partial charge in [-0.3, -0.25) is 9.59 Å². The first-order chi connectivity index (χ1) is 12.7. The molecule has 0 radical (unpaired) electrons. The molecule has 5 rings (SSSR count). The lowest BCUT2D eigenvalue weighted by atomic mass is 10.1. The first kappa shape index (κ1) is 15.6. The molecule has 3 aliphatic heterocycles. The van der Waals surface area contributed by atoms with E-state index in [0.717, 1.165) is 5.56 Å². The van der Waals surface area contributed by atoms with Crippen molar-refractivity contribution in [3.8, 4) is 0 Å². The van der Waals surface area contributed by atoms with Gasteiger partial charge in [0.25, 0.3) is 5.91 Å². The van der Waals surface area contributed by atoms with E-state index in [2.05, 4.69) is 0 Å². The van der Waals surface area contributed by atoms with E-state index in [0.29, 0.717) is 31.5 Å². The zero-order valence-corrected chi connectivity index (χ0v) is 14.4.